The van der Waals surface area contributed by atoms with E-state index in [-0.39, 0.29) is 6.03 Å². The number of likely N-dealkylation sites (N-methyl/N-ethyl adjacent to an activating group) is 1. The Morgan fingerprint density at radius 3 is 1.93 bits per heavy atom. The summed E-state index contributed by atoms with van der Waals surface area (Å²) >= 11 is 0. The lowest BCUT2D eigenvalue weighted by molar-refractivity contribution is -0.134. The second kappa shape index (κ2) is 14.2. The highest BCUT2D eigenvalue weighted by atomic mass is 16.5. The van der Waals surface area contributed by atoms with Crippen LogP contribution < -0.4 is 19.9 Å². The number of hydrogen-bond donors (Lipinski definition) is 3. The predicted octanol–water partition coefficient (Wildman–Crippen LogP) is 3.13. The molecule has 0 bridgehead atoms. The molecule has 2 aromatic rings. The first kappa shape index (κ1) is 30.3. The summed E-state index contributed by atoms with van der Waals surface area (Å²) in [6, 6.07) is 12.4. The maximum Gasteiger partial charge on any atom is 0.328 e. The van der Waals surface area contributed by atoms with E-state index in [1.807, 2.05) is 23.1 Å². The molecule has 0 atom stereocenters. The molecule has 0 radical (unpaired) electrons. The first-order valence-corrected chi connectivity index (χ1v) is 13.2. The first-order valence-electron chi connectivity index (χ1n) is 13.2. The maximum absolute atomic E-state index is 13.0. The Balaban J connectivity index is 0.000000482. The molecule has 2 aliphatic rings. The third kappa shape index (κ3) is 8.63. The lowest BCUT2D eigenvalue weighted by atomic mass is 10.1. The predicted molar refractivity (Wildman–Crippen MR) is 156 cm³/mol. The molecule has 2 aliphatic heterocycles. The van der Waals surface area contributed by atoms with Crippen molar-refractivity contribution in [3.63, 3.8) is 0 Å². The number of rotatable bonds is 6. The van der Waals surface area contributed by atoms with E-state index in [0.717, 1.165) is 56.4 Å². The van der Waals surface area contributed by atoms with Gasteiger partial charge in [-0.2, -0.15) is 0 Å². The van der Waals surface area contributed by atoms with Crippen molar-refractivity contribution >= 4 is 35.0 Å². The van der Waals surface area contributed by atoms with Gasteiger partial charge >= 0.3 is 18.0 Å². The van der Waals surface area contributed by atoms with Gasteiger partial charge in [0, 0.05) is 75.9 Å². The van der Waals surface area contributed by atoms with Gasteiger partial charge in [0.15, 0.2) is 0 Å². The normalized spacial score (nSPS) is 15.8. The zero-order valence-corrected chi connectivity index (χ0v) is 23.6. The summed E-state index contributed by atoms with van der Waals surface area (Å²) in [5.74, 6) is -1.67. The Hall–Kier alpha value is -4.25. The van der Waals surface area contributed by atoms with Crippen molar-refractivity contribution in [2.45, 2.75) is 13.8 Å². The van der Waals surface area contributed by atoms with Gasteiger partial charge in [-0.05, 0) is 50.7 Å². The number of nitrogens with zero attached hydrogens (tertiary/aromatic N) is 4. The molecule has 0 unspecified atom stereocenters. The van der Waals surface area contributed by atoms with Crippen molar-refractivity contribution in [1.82, 2.24) is 9.80 Å². The van der Waals surface area contributed by atoms with Crippen LogP contribution in [0, 0.1) is 13.8 Å². The topological polar surface area (TPSA) is 126 Å². The number of carboxylic acids is 2. The van der Waals surface area contributed by atoms with Gasteiger partial charge in [0.1, 0.15) is 5.75 Å². The third-order valence-electron chi connectivity index (χ3n) is 6.90. The van der Waals surface area contributed by atoms with E-state index in [1.165, 1.54) is 16.8 Å². The van der Waals surface area contributed by atoms with E-state index in [9.17, 15) is 14.4 Å². The van der Waals surface area contributed by atoms with E-state index >= 15 is 0 Å². The molecule has 11 nitrogen and oxygen atoms in total. The fourth-order valence-electron chi connectivity index (χ4n) is 4.72. The van der Waals surface area contributed by atoms with Crippen molar-refractivity contribution in [3.05, 3.63) is 59.7 Å². The monoisotopic (exact) mass is 553 g/mol. The summed E-state index contributed by atoms with van der Waals surface area (Å²) in [6.07, 6.45) is 1.12. The van der Waals surface area contributed by atoms with E-state index in [0.29, 0.717) is 25.2 Å². The molecular formula is C29H39N5O6. The van der Waals surface area contributed by atoms with Gasteiger partial charge in [0.2, 0.25) is 0 Å². The number of carbonyl (C=O) groups is 3. The Bertz CT molecular complexity index is 1200. The molecule has 0 spiro atoms. The number of aryl methyl sites for hydroxylation is 2. The van der Waals surface area contributed by atoms with Crippen LogP contribution in [0.15, 0.2) is 48.6 Å². The average Bonchev–Trinajstić information content (AvgIpc) is 2.93. The molecule has 0 aliphatic carbocycles. The van der Waals surface area contributed by atoms with Crippen LogP contribution in [0.2, 0.25) is 0 Å². The van der Waals surface area contributed by atoms with Crippen LogP contribution in [0.3, 0.4) is 0 Å². The summed E-state index contributed by atoms with van der Waals surface area (Å²) in [7, 11) is 3.84. The molecule has 11 heteroatoms. The van der Waals surface area contributed by atoms with Gasteiger partial charge in [0.25, 0.3) is 0 Å². The van der Waals surface area contributed by atoms with Crippen LogP contribution in [0.4, 0.5) is 21.9 Å². The number of methoxy groups -OCH3 is 1. The standard InChI is InChI=1S/C25H35N5O2.C4H4O4/c1-19-5-7-22(20(2)17-19)28-13-15-30(16-14-28)25(31)26-21-6-8-24(32-4)23(18-21)29-11-9-27(3)10-12-29;5-3(6)1-2-4(7)8/h5-8,17-18H,9-16H2,1-4H3,(H,26,31);1-2H,(H,5,6)(H,7,8)/b;2-1+. The van der Waals surface area contributed by atoms with Gasteiger partial charge in [-0.1, -0.05) is 17.7 Å². The van der Waals surface area contributed by atoms with Gasteiger partial charge in [-0.15, -0.1) is 0 Å². The van der Waals surface area contributed by atoms with Gasteiger partial charge in [-0.25, -0.2) is 14.4 Å². The molecule has 4 rings (SSSR count). The number of aliphatic carboxylic acids is 2. The van der Waals surface area contributed by atoms with E-state index in [1.54, 1.807) is 7.11 Å². The molecule has 216 valence electrons. The van der Waals surface area contributed by atoms with Crippen molar-refractivity contribution in [3.8, 4) is 5.75 Å². The van der Waals surface area contributed by atoms with Crippen LogP contribution in [-0.2, 0) is 9.59 Å². The fraction of sp³-hybridized carbons (Fsp3) is 0.414. The number of benzene rings is 2. The minimum absolute atomic E-state index is 0.0419. The second-order valence-electron chi connectivity index (χ2n) is 9.88. The smallest absolute Gasteiger partial charge is 0.328 e. The summed E-state index contributed by atoms with van der Waals surface area (Å²) in [6.45, 7) is 11.3. The van der Waals surface area contributed by atoms with Crippen molar-refractivity contribution < 1.29 is 29.3 Å². The SMILES string of the molecule is COc1ccc(NC(=O)N2CCN(c3ccc(C)cc3C)CC2)cc1N1CCN(C)CC1.O=C(O)/C=C/C(=O)O. The largest absolute Gasteiger partial charge is 0.495 e. The number of ether oxygens (including phenoxy) is 1. The lowest BCUT2D eigenvalue weighted by Gasteiger charge is -2.37. The average molecular weight is 554 g/mol. The number of carbonyl (C=O) groups excluding carboxylic acids is 1. The number of amides is 2. The van der Waals surface area contributed by atoms with Crippen molar-refractivity contribution in [2.24, 2.45) is 0 Å². The molecule has 2 saturated heterocycles. The Morgan fingerprint density at radius 2 is 1.38 bits per heavy atom. The number of nitrogens with one attached hydrogen (secondary N) is 1. The molecule has 0 aromatic heterocycles. The maximum atomic E-state index is 13.0. The summed E-state index contributed by atoms with van der Waals surface area (Å²) in [5, 5.41) is 18.7. The zero-order valence-electron chi connectivity index (χ0n) is 23.6. The first-order chi connectivity index (χ1) is 19.1. The minimum Gasteiger partial charge on any atom is -0.495 e. The van der Waals surface area contributed by atoms with Crippen LogP contribution in [0.25, 0.3) is 0 Å². The van der Waals surface area contributed by atoms with E-state index in [2.05, 4.69) is 59.1 Å². The molecule has 0 saturated carbocycles. The van der Waals surface area contributed by atoms with Crippen LogP contribution in [-0.4, -0.2) is 104 Å². The van der Waals surface area contributed by atoms with Crippen LogP contribution >= 0.6 is 0 Å². The van der Waals surface area contributed by atoms with Gasteiger partial charge in [0.05, 0.1) is 12.8 Å². The summed E-state index contributed by atoms with van der Waals surface area (Å²) < 4.78 is 5.59. The van der Waals surface area contributed by atoms with Crippen molar-refractivity contribution in [2.75, 3.05) is 81.6 Å². The van der Waals surface area contributed by atoms with Gasteiger partial charge < -0.3 is 39.9 Å². The molecule has 40 heavy (non-hydrogen) atoms. The molecule has 2 fully saturated rings. The molecule has 2 amide bonds. The number of piperazine rings is 2. The quantitative estimate of drug-likeness (QED) is 0.463. The zero-order chi connectivity index (χ0) is 29.2. The van der Waals surface area contributed by atoms with E-state index in [4.69, 9.17) is 14.9 Å². The number of carboxylic acid groups (broad SMARTS) is 2. The third-order valence-corrected chi connectivity index (χ3v) is 6.90. The number of urea groups is 1. The minimum atomic E-state index is -1.26. The summed E-state index contributed by atoms with van der Waals surface area (Å²) in [5.41, 5.74) is 5.68. The van der Waals surface area contributed by atoms with Gasteiger partial charge in [-0.3, -0.25) is 0 Å². The molecule has 2 aromatic carbocycles. The summed E-state index contributed by atoms with van der Waals surface area (Å²) in [4.78, 5) is 41.0. The molecular weight excluding hydrogens is 514 g/mol. The number of anilines is 3. The Labute approximate surface area is 235 Å². The molecule has 3 N–H and O–H groups in total. The van der Waals surface area contributed by atoms with Crippen LogP contribution in [0.5, 0.6) is 5.75 Å². The second-order valence-corrected chi connectivity index (χ2v) is 9.88. The Morgan fingerprint density at radius 1 is 0.800 bits per heavy atom. The lowest BCUT2D eigenvalue weighted by Crippen LogP contribution is -2.50. The highest BCUT2D eigenvalue weighted by Gasteiger charge is 2.23. The van der Waals surface area contributed by atoms with Crippen LogP contribution in [0.1, 0.15) is 11.1 Å². The molecule has 2 heterocycles. The Kier molecular flexibility index (Phi) is 10.8. The highest BCUT2D eigenvalue weighted by Crippen LogP contribution is 2.32. The number of hydrogen-bond acceptors (Lipinski definition) is 7. The highest BCUT2D eigenvalue weighted by molar-refractivity contribution is 5.91. The van der Waals surface area contributed by atoms with E-state index < -0.39 is 11.9 Å². The van der Waals surface area contributed by atoms with Crippen molar-refractivity contribution in [1.29, 1.82) is 0 Å². The fourth-order valence-corrected chi connectivity index (χ4v) is 4.72.